The molecule has 0 aliphatic carbocycles. The van der Waals surface area contributed by atoms with E-state index in [1.807, 2.05) is 24.1 Å². The number of hydrogen-bond acceptors (Lipinski definition) is 2. The monoisotopic (exact) mass is 354 g/mol. The molecular weight excluding hydrogens is 328 g/mol. The van der Waals surface area contributed by atoms with Gasteiger partial charge in [0, 0.05) is 17.1 Å². The van der Waals surface area contributed by atoms with Crippen molar-refractivity contribution in [2.45, 2.75) is 52.1 Å². The molecule has 1 N–H and O–H groups in total. The number of hydrogen-bond donors (Lipinski definition) is 1. The highest BCUT2D eigenvalue weighted by molar-refractivity contribution is 9.10. The molecule has 1 aromatic carbocycles. The molecule has 0 aromatic heterocycles. The van der Waals surface area contributed by atoms with Gasteiger partial charge in [-0.1, -0.05) is 54.2 Å². The Morgan fingerprint density at radius 3 is 2.57 bits per heavy atom. The van der Waals surface area contributed by atoms with Gasteiger partial charge in [-0.15, -0.1) is 0 Å². The minimum Gasteiger partial charge on any atom is -0.353 e. The van der Waals surface area contributed by atoms with Crippen LogP contribution in [-0.4, -0.2) is 30.4 Å². The van der Waals surface area contributed by atoms with Crippen LogP contribution in [0.1, 0.15) is 45.1 Å². The lowest BCUT2D eigenvalue weighted by molar-refractivity contribution is -0.122. The van der Waals surface area contributed by atoms with Crippen molar-refractivity contribution in [3.05, 3.63) is 34.3 Å². The summed E-state index contributed by atoms with van der Waals surface area (Å²) in [6.07, 6.45) is 4.71. The molecule has 0 aliphatic rings. The van der Waals surface area contributed by atoms with Gasteiger partial charge in [0.05, 0.1) is 6.54 Å². The van der Waals surface area contributed by atoms with Crippen LogP contribution in [0, 0.1) is 0 Å². The largest absolute Gasteiger partial charge is 0.353 e. The van der Waals surface area contributed by atoms with E-state index in [2.05, 4.69) is 47.2 Å². The second-order valence-electron chi connectivity index (χ2n) is 5.76. The number of carbonyl (C=O) groups excluding carboxylic acids is 1. The third kappa shape index (κ3) is 8.22. The highest BCUT2D eigenvalue weighted by atomic mass is 79.9. The first-order valence-corrected chi connectivity index (χ1v) is 8.53. The highest BCUT2D eigenvalue weighted by Gasteiger charge is 2.10. The molecular formula is C17H27BrN2O. The SMILES string of the molecule is CCCCCC(C)NC(=O)CN(C)Cc1ccc(Br)cc1. The Labute approximate surface area is 137 Å². The lowest BCUT2D eigenvalue weighted by Crippen LogP contribution is -2.39. The molecule has 3 nitrogen and oxygen atoms in total. The number of halogens is 1. The summed E-state index contributed by atoms with van der Waals surface area (Å²) in [5.74, 6) is 0.110. The highest BCUT2D eigenvalue weighted by Crippen LogP contribution is 2.11. The minimum absolute atomic E-state index is 0.110. The molecule has 0 fully saturated rings. The van der Waals surface area contributed by atoms with E-state index in [0.29, 0.717) is 6.54 Å². The Morgan fingerprint density at radius 1 is 1.29 bits per heavy atom. The van der Waals surface area contributed by atoms with E-state index >= 15 is 0 Å². The van der Waals surface area contributed by atoms with Crippen molar-refractivity contribution in [1.29, 1.82) is 0 Å². The topological polar surface area (TPSA) is 32.3 Å². The summed E-state index contributed by atoms with van der Waals surface area (Å²) in [5.41, 5.74) is 1.21. The van der Waals surface area contributed by atoms with Crippen molar-refractivity contribution >= 4 is 21.8 Å². The molecule has 0 bridgehead atoms. The first kappa shape index (κ1) is 18.2. The molecule has 21 heavy (non-hydrogen) atoms. The number of benzene rings is 1. The van der Waals surface area contributed by atoms with Crippen molar-refractivity contribution in [3.63, 3.8) is 0 Å². The number of carbonyl (C=O) groups is 1. The van der Waals surface area contributed by atoms with E-state index < -0.39 is 0 Å². The van der Waals surface area contributed by atoms with Gasteiger partial charge in [-0.3, -0.25) is 9.69 Å². The lowest BCUT2D eigenvalue weighted by Gasteiger charge is -2.19. The minimum atomic E-state index is 0.110. The number of amides is 1. The first-order chi connectivity index (χ1) is 10.0. The summed E-state index contributed by atoms with van der Waals surface area (Å²) >= 11 is 3.43. The van der Waals surface area contributed by atoms with Crippen molar-refractivity contribution in [2.75, 3.05) is 13.6 Å². The zero-order chi connectivity index (χ0) is 15.7. The lowest BCUT2D eigenvalue weighted by atomic mass is 10.1. The molecule has 0 saturated heterocycles. The van der Waals surface area contributed by atoms with Crippen molar-refractivity contribution in [2.24, 2.45) is 0 Å². The van der Waals surface area contributed by atoms with Gasteiger partial charge in [-0.2, -0.15) is 0 Å². The van der Waals surface area contributed by atoms with Crippen LogP contribution < -0.4 is 5.32 Å². The van der Waals surface area contributed by atoms with E-state index in [-0.39, 0.29) is 11.9 Å². The normalized spacial score (nSPS) is 12.4. The smallest absolute Gasteiger partial charge is 0.234 e. The molecule has 1 amide bonds. The molecule has 118 valence electrons. The van der Waals surface area contributed by atoms with Gasteiger partial charge in [-0.05, 0) is 38.1 Å². The third-order valence-electron chi connectivity index (χ3n) is 3.43. The molecule has 0 spiro atoms. The van der Waals surface area contributed by atoms with E-state index in [4.69, 9.17) is 0 Å². The molecule has 1 atom stereocenters. The van der Waals surface area contributed by atoms with Gasteiger partial charge in [-0.25, -0.2) is 0 Å². The van der Waals surface area contributed by atoms with Crippen molar-refractivity contribution in [1.82, 2.24) is 10.2 Å². The van der Waals surface area contributed by atoms with E-state index in [0.717, 1.165) is 17.4 Å². The molecule has 1 aromatic rings. The molecule has 0 heterocycles. The fourth-order valence-corrected chi connectivity index (χ4v) is 2.56. The number of nitrogens with zero attached hydrogens (tertiary/aromatic N) is 1. The average Bonchev–Trinajstić information content (AvgIpc) is 2.41. The molecule has 0 saturated carbocycles. The van der Waals surface area contributed by atoms with Crippen LogP contribution >= 0.6 is 15.9 Å². The molecule has 0 aliphatic heterocycles. The number of nitrogens with one attached hydrogen (secondary N) is 1. The van der Waals surface area contributed by atoms with Crippen LogP contribution in [0.25, 0.3) is 0 Å². The van der Waals surface area contributed by atoms with Gasteiger partial charge in [0.25, 0.3) is 0 Å². The fourth-order valence-electron chi connectivity index (χ4n) is 2.30. The van der Waals surface area contributed by atoms with E-state index in [1.165, 1.54) is 24.8 Å². The standard InChI is InChI=1S/C17H27BrN2O/c1-4-5-6-7-14(2)19-17(21)13-20(3)12-15-8-10-16(18)11-9-15/h8-11,14H,4-7,12-13H2,1-3H3,(H,19,21). The van der Waals surface area contributed by atoms with Crippen LogP contribution in [0.2, 0.25) is 0 Å². The zero-order valence-electron chi connectivity index (χ0n) is 13.4. The summed E-state index contributed by atoms with van der Waals surface area (Å²) in [7, 11) is 1.98. The first-order valence-electron chi connectivity index (χ1n) is 7.73. The van der Waals surface area contributed by atoms with Crippen LogP contribution in [0.3, 0.4) is 0 Å². The summed E-state index contributed by atoms with van der Waals surface area (Å²) in [6.45, 7) is 5.50. The van der Waals surface area contributed by atoms with Crippen LogP contribution in [0.5, 0.6) is 0 Å². The van der Waals surface area contributed by atoms with Crippen molar-refractivity contribution < 1.29 is 4.79 Å². The Morgan fingerprint density at radius 2 is 1.95 bits per heavy atom. The third-order valence-corrected chi connectivity index (χ3v) is 3.96. The van der Waals surface area contributed by atoms with E-state index in [9.17, 15) is 4.79 Å². The summed E-state index contributed by atoms with van der Waals surface area (Å²) in [5, 5.41) is 3.08. The van der Waals surface area contributed by atoms with Gasteiger partial charge in [0.2, 0.25) is 5.91 Å². The second-order valence-corrected chi connectivity index (χ2v) is 6.68. The van der Waals surface area contributed by atoms with Crippen LogP contribution in [-0.2, 0) is 11.3 Å². The summed E-state index contributed by atoms with van der Waals surface area (Å²) in [4.78, 5) is 14.0. The molecule has 1 rings (SSSR count). The Hall–Kier alpha value is -0.870. The van der Waals surface area contributed by atoms with Crippen molar-refractivity contribution in [3.8, 4) is 0 Å². The Kier molecular flexibility index (Phi) is 8.62. The quantitative estimate of drug-likeness (QED) is 0.680. The maximum Gasteiger partial charge on any atom is 0.234 e. The Balaban J connectivity index is 2.28. The average molecular weight is 355 g/mol. The molecule has 4 heteroatoms. The number of rotatable bonds is 9. The predicted molar refractivity (Wildman–Crippen MR) is 92.2 cm³/mol. The maximum atomic E-state index is 12.0. The van der Waals surface area contributed by atoms with Gasteiger partial charge < -0.3 is 5.32 Å². The summed E-state index contributed by atoms with van der Waals surface area (Å²) in [6, 6.07) is 8.47. The predicted octanol–water partition coefficient (Wildman–Crippen LogP) is 3.97. The van der Waals surface area contributed by atoms with E-state index in [1.54, 1.807) is 0 Å². The molecule has 0 radical (unpaired) electrons. The zero-order valence-corrected chi connectivity index (χ0v) is 14.9. The summed E-state index contributed by atoms with van der Waals surface area (Å²) < 4.78 is 1.08. The fraction of sp³-hybridized carbons (Fsp3) is 0.588. The van der Waals surface area contributed by atoms with Crippen LogP contribution in [0.15, 0.2) is 28.7 Å². The number of likely N-dealkylation sites (N-methyl/N-ethyl adjacent to an activating group) is 1. The van der Waals surface area contributed by atoms with Gasteiger partial charge in [0.15, 0.2) is 0 Å². The molecule has 1 unspecified atom stereocenters. The maximum absolute atomic E-state index is 12.0. The Bertz CT molecular complexity index is 419. The van der Waals surface area contributed by atoms with Gasteiger partial charge >= 0.3 is 0 Å². The van der Waals surface area contributed by atoms with Crippen LogP contribution in [0.4, 0.5) is 0 Å². The number of unbranched alkanes of at least 4 members (excludes halogenated alkanes) is 2. The van der Waals surface area contributed by atoms with Gasteiger partial charge in [0.1, 0.15) is 0 Å². The second kappa shape index (κ2) is 9.96.